The molecule has 1 aromatic carbocycles. The number of ether oxygens (including phenoxy) is 1. The van der Waals surface area contributed by atoms with Crippen molar-refractivity contribution < 1.29 is 24.2 Å². The number of carbonyl (C=O) groups excluding carboxylic acids is 2. The molecule has 0 radical (unpaired) electrons. The van der Waals surface area contributed by atoms with Gasteiger partial charge in [0.15, 0.2) is 11.6 Å². The quantitative estimate of drug-likeness (QED) is 0.446. The minimum atomic E-state index is -1.02. The Labute approximate surface area is 222 Å². The van der Waals surface area contributed by atoms with Crippen LogP contribution >= 0.6 is 23.2 Å². The highest BCUT2D eigenvalue weighted by atomic mass is 35.5. The van der Waals surface area contributed by atoms with Crippen LogP contribution in [0, 0.1) is 10.8 Å². The third kappa shape index (κ3) is 4.95. The molecule has 4 rings (SSSR count). The minimum absolute atomic E-state index is 0.0941. The average molecular weight is 534 g/mol. The standard InChI is InChI=1S/C28H33Cl2NO5/c1-6-7-36-26-16(8-15(29)9-17(26)30)23-24-18(10-27(2,3)12-20(24)32)31(14-22(34)35)19-11-28(4,5)13-21(33)25(19)23/h8-9,23H,6-7,10-14H2,1-5H3,(H,34,35). The zero-order valence-electron chi connectivity index (χ0n) is 21.5. The summed E-state index contributed by atoms with van der Waals surface area (Å²) in [5.74, 6) is -1.51. The van der Waals surface area contributed by atoms with Crippen molar-refractivity contribution in [3.05, 3.63) is 50.3 Å². The molecule has 0 saturated carbocycles. The first-order valence-corrected chi connectivity index (χ1v) is 13.1. The van der Waals surface area contributed by atoms with Gasteiger partial charge in [0.1, 0.15) is 12.3 Å². The number of aliphatic carboxylic acids is 1. The molecule has 0 fully saturated rings. The summed E-state index contributed by atoms with van der Waals surface area (Å²) >= 11 is 13.1. The van der Waals surface area contributed by atoms with E-state index in [0.717, 1.165) is 6.42 Å². The van der Waals surface area contributed by atoms with Gasteiger partial charge in [-0.1, -0.05) is 57.8 Å². The van der Waals surface area contributed by atoms with E-state index in [4.69, 9.17) is 27.9 Å². The third-order valence-electron chi connectivity index (χ3n) is 7.11. The number of rotatable bonds is 6. The van der Waals surface area contributed by atoms with Gasteiger partial charge in [-0.3, -0.25) is 14.4 Å². The number of Topliss-reactive ketones (excluding diaryl/α,β-unsaturated/α-hetero) is 2. The molecule has 8 heteroatoms. The molecular weight excluding hydrogens is 501 g/mol. The zero-order chi connectivity index (χ0) is 26.6. The van der Waals surface area contributed by atoms with Gasteiger partial charge in [-0.15, -0.1) is 0 Å². The zero-order valence-corrected chi connectivity index (χ0v) is 23.0. The van der Waals surface area contributed by atoms with E-state index in [-0.39, 0.29) is 28.9 Å². The Balaban J connectivity index is 2.06. The number of nitrogens with zero attached hydrogens (tertiary/aromatic N) is 1. The maximum atomic E-state index is 13.8. The summed E-state index contributed by atoms with van der Waals surface area (Å²) in [6.07, 6.45) is 2.37. The van der Waals surface area contributed by atoms with Crippen molar-refractivity contribution in [2.75, 3.05) is 13.2 Å². The van der Waals surface area contributed by atoms with Crippen molar-refractivity contribution in [1.82, 2.24) is 4.90 Å². The van der Waals surface area contributed by atoms with Crippen LogP contribution in [0.3, 0.4) is 0 Å². The fraction of sp³-hybridized carbons (Fsp3) is 0.536. The molecule has 0 saturated heterocycles. The second kappa shape index (κ2) is 9.53. The van der Waals surface area contributed by atoms with E-state index in [9.17, 15) is 19.5 Å². The highest BCUT2D eigenvalue weighted by Crippen LogP contribution is 2.56. The van der Waals surface area contributed by atoms with Crippen LogP contribution in [0.4, 0.5) is 0 Å². The lowest BCUT2D eigenvalue weighted by atomic mass is 9.63. The van der Waals surface area contributed by atoms with Crippen molar-refractivity contribution in [2.24, 2.45) is 10.8 Å². The summed E-state index contributed by atoms with van der Waals surface area (Å²) in [6.45, 7) is 10.1. The minimum Gasteiger partial charge on any atom is -0.492 e. The van der Waals surface area contributed by atoms with E-state index < -0.39 is 11.9 Å². The molecule has 0 atom stereocenters. The predicted octanol–water partition coefficient (Wildman–Crippen LogP) is 6.55. The number of benzene rings is 1. The number of ketones is 2. The van der Waals surface area contributed by atoms with E-state index in [1.54, 1.807) is 17.0 Å². The van der Waals surface area contributed by atoms with Gasteiger partial charge in [0.25, 0.3) is 0 Å². The molecule has 1 N–H and O–H groups in total. The Hall–Kier alpha value is -2.31. The first-order chi connectivity index (χ1) is 16.7. The van der Waals surface area contributed by atoms with Crippen molar-refractivity contribution in [2.45, 2.75) is 72.6 Å². The number of carboxylic acids is 1. The summed E-state index contributed by atoms with van der Waals surface area (Å²) < 4.78 is 6.06. The summed E-state index contributed by atoms with van der Waals surface area (Å²) in [5, 5.41) is 10.5. The van der Waals surface area contributed by atoms with E-state index in [1.165, 1.54) is 0 Å². The monoisotopic (exact) mass is 533 g/mol. The van der Waals surface area contributed by atoms with Crippen LogP contribution in [0.25, 0.3) is 0 Å². The summed E-state index contributed by atoms with van der Waals surface area (Å²) in [4.78, 5) is 41.3. The fourth-order valence-electron chi connectivity index (χ4n) is 5.84. The SMILES string of the molecule is CCCOc1c(Cl)cc(Cl)cc1C1C2=C(CC(C)(C)CC2=O)N(CC(=O)O)C2=C1C(=O)CC(C)(C)C2. The number of hydrogen-bond donors (Lipinski definition) is 1. The molecule has 2 aliphatic carbocycles. The molecular formula is C28H33Cl2NO5. The number of allylic oxidation sites excluding steroid dienone is 4. The third-order valence-corrected chi connectivity index (χ3v) is 7.61. The van der Waals surface area contributed by atoms with Crippen LogP contribution in [-0.4, -0.2) is 40.7 Å². The highest BCUT2D eigenvalue weighted by Gasteiger charge is 2.50. The van der Waals surface area contributed by atoms with Gasteiger partial charge < -0.3 is 14.7 Å². The van der Waals surface area contributed by atoms with Gasteiger partial charge in [0.2, 0.25) is 0 Å². The number of carbonyl (C=O) groups is 3. The molecule has 0 amide bonds. The second-order valence-electron chi connectivity index (χ2n) is 11.7. The Morgan fingerprint density at radius 2 is 1.53 bits per heavy atom. The van der Waals surface area contributed by atoms with Crippen molar-refractivity contribution in [3.63, 3.8) is 0 Å². The van der Waals surface area contributed by atoms with Crippen LogP contribution in [0.15, 0.2) is 34.7 Å². The normalized spacial score (nSPS) is 21.5. The molecule has 0 unspecified atom stereocenters. The molecule has 6 nitrogen and oxygen atoms in total. The Bertz CT molecular complexity index is 1160. The second-order valence-corrected chi connectivity index (χ2v) is 12.5. The summed E-state index contributed by atoms with van der Waals surface area (Å²) in [7, 11) is 0. The van der Waals surface area contributed by atoms with Gasteiger partial charge in [-0.2, -0.15) is 0 Å². The van der Waals surface area contributed by atoms with E-state index in [2.05, 4.69) is 0 Å². The molecule has 1 aromatic rings. The fourth-order valence-corrected chi connectivity index (χ4v) is 6.40. The number of hydrogen-bond acceptors (Lipinski definition) is 5. The van der Waals surface area contributed by atoms with Gasteiger partial charge in [-0.05, 0) is 42.2 Å². The van der Waals surface area contributed by atoms with Crippen molar-refractivity contribution in [3.8, 4) is 5.75 Å². The maximum absolute atomic E-state index is 13.8. The Morgan fingerprint density at radius 3 is 2.00 bits per heavy atom. The van der Waals surface area contributed by atoms with Crippen LogP contribution < -0.4 is 4.74 Å². The maximum Gasteiger partial charge on any atom is 0.323 e. The molecule has 0 bridgehead atoms. The predicted molar refractivity (Wildman–Crippen MR) is 139 cm³/mol. The lowest BCUT2D eigenvalue weighted by Crippen LogP contribution is -2.45. The first-order valence-electron chi connectivity index (χ1n) is 12.4. The molecule has 194 valence electrons. The van der Waals surface area contributed by atoms with E-state index >= 15 is 0 Å². The van der Waals surface area contributed by atoms with E-state index in [1.807, 2.05) is 34.6 Å². The van der Waals surface area contributed by atoms with Gasteiger partial charge in [-0.25, -0.2) is 0 Å². The first kappa shape index (κ1) is 26.7. The van der Waals surface area contributed by atoms with Crippen LogP contribution in [-0.2, 0) is 14.4 Å². The van der Waals surface area contributed by atoms with Crippen LogP contribution in [0.5, 0.6) is 5.75 Å². The lowest BCUT2D eigenvalue weighted by Gasteiger charge is -2.48. The highest BCUT2D eigenvalue weighted by molar-refractivity contribution is 6.35. The molecule has 1 heterocycles. The molecule has 3 aliphatic rings. The Morgan fingerprint density at radius 1 is 1.00 bits per heavy atom. The number of carboxylic acid groups (broad SMARTS) is 1. The number of halogens is 2. The van der Waals surface area contributed by atoms with E-state index in [0.29, 0.717) is 76.2 Å². The Kier molecular flexibility index (Phi) is 7.08. The topological polar surface area (TPSA) is 83.9 Å². The molecule has 36 heavy (non-hydrogen) atoms. The molecule has 0 aromatic heterocycles. The van der Waals surface area contributed by atoms with Crippen LogP contribution in [0.2, 0.25) is 10.0 Å². The summed E-state index contributed by atoms with van der Waals surface area (Å²) in [6, 6.07) is 3.32. The van der Waals surface area contributed by atoms with Crippen molar-refractivity contribution in [1.29, 1.82) is 0 Å². The van der Waals surface area contributed by atoms with Gasteiger partial charge in [0, 0.05) is 51.9 Å². The average Bonchev–Trinajstić information content (AvgIpc) is 2.71. The van der Waals surface area contributed by atoms with Gasteiger partial charge >= 0.3 is 5.97 Å². The summed E-state index contributed by atoms with van der Waals surface area (Å²) in [5.41, 5.74) is 2.14. The van der Waals surface area contributed by atoms with Crippen LogP contribution in [0.1, 0.15) is 78.2 Å². The van der Waals surface area contributed by atoms with Crippen molar-refractivity contribution >= 4 is 40.7 Å². The smallest absolute Gasteiger partial charge is 0.323 e. The molecule has 1 aliphatic heterocycles. The van der Waals surface area contributed by atoms with Gasteiger partial charge in [0.05, 0.1) is 11.6 Å². The lowest BCUT2D eigenvalue weighted by molar-refractivity contribution is -0.138. The largest absolute Gasteiger partial charge is 0.492 e. The molecule has 0 spiro atoms.